The minimum atomic E-state index is -3.61. The normalized spacial score (nSPS) is 12.6. The summed E-state index contributed by atoms with van der Waals surface area (Å²) >= 11 is 0. The Morgan fingerprint density at radius 3 is 2.47 bits per heavy atom. The number of anilines is 1. The van der Waals surface area contributed by atoms with Gasteiger partial charge in [0.1, 0.15) is 10.7 Å². The minimum absolute atomic E-state index is 0.0227. The standard InChI is InChI=1S/C11H19N3O2S/c1-4-11(3,5-2)14-17(15,16)9-7-6-8-13-10(9)12/h6-8,14H,4-5H2,1-3H3,(H2,12,13). The summed E-state index contributed by atoms with van der Waals surface area (Å²) in [6.07, 6.45) is 2.89. The highest BCUT2D eigenvalue weighted by Crippen LogP contribution is 2.21. The summed E-state index contributed by atoms with van der Waals surface area (Å²) in [6.45, 7) is 5.76. The average Bonchev–Trinajstić information content (AvgIpc) is 2.28. The molecule has 0 aliphatic rings. The SMILES string of the molecule is CCC(C)(CC)NS(=O)(=O)c1cccnc1N. The Balaban J connectivity index is 3.10. The second kappa shape index (κ2) is 5.01. The maximum atomic E-state index is 12.2. The molecule has 1 heterocycles. The fourth-order valence-corrected chi connectivity index (χ4v) is 3.04. The summed E-state index contributed by atoms with van der Waals surface area (Å²) in [5.41, 5.74) is 5.12. The van der Waals surface area contributed by atoms with E-state index in [9.17, 15) is 8.42 Å². The fourth-order valence-electron chi connectivity index (χ4n) is 1.40. The van der Waals surface area contributed by atoms with Gasteiger partial charge < -0.3 is 5.73 Å². The molecule has 6 heteroatoms. The topological polar surface area (TPSA) is 85.1 Å². The molecule has 0 aromatic carbocycles. The third-order valence-electron chi connectivity index (χ3n) is 3.03. The van der Waals surface area contributed by atoms with Crippen molar-refractivity contribution in [2.75, 3.05) is 5.73 Å². The molecule has 0 unspecified atom stereocenters. The molecule has 1 aromatic heterocycles. The van der Waals surface area contributed by atoms with Crippen molar-refractivity contribution in [3.63, 3.8) is 0 Å². The number of nitrogens with zero attached hydrogens (tertiary/aromatic N) is 1. The monoisotopic (exact) mass is 257 g/mol. The van der Waals surface area contributed by atoms with Gasteiger partial charge in [0.2, 0.25) is 10.0 Å². The molecule has 1 aromatic rings. The zero-order valence-corrected chi connectivity index (χ0v) is 11.2. The summed E-state index contributed by atoms with van der Waals surface area (Å²) in [4.78, 5) is 3.82. The average molecular weight is 257 g/mol. The van der Waals surface area contributed by atoms with Gasteiger partial charge in [-0.2, -0.15) is 0 Å². The number of hydrogen-bond acceptors (Lipinski definition) is 4. The summed E-state index contributed by atoms with van der Waals surface area (Å²) in [6, 6.07) is 3.01. The first-order valence-electron chi connectivity index (χ1n) is 5.59. The van der Waals surface area contributed by atoms with Gasteiger partial charge in [0.25, 0.3) is 0 Å². The molecular weight excluding hydrogens is 238 g/mol. The van der Waals surface area contributed by atoms with Gasteiger partial charge in [-0.3, -0.25) is 0 Å². The van der Waals surface area contributed by atoms with E-state index in [0.29, 0.717) is 12.8 Å². The number of nitrogen functional groups attached to an aromatic ring is 1. The molecule has 0 aliphatic heterocycles. The highest BCUT2D eigenvalue weighted by Gasteiger charge is 2.28. The van der Waals surface area contributed by atoms with Crippen LogP contribution < -0.4 is 10.5 Å². The van der Waals surface area contributed by atoms with Crippen molar-refractivity contribution in [3.05, 3.63) is 18.3 Å². The van der Waals surface area contributed by atoms with E-state index < -0.39 is 15.6 Å². The van der Waals surface area contributed by atoms with Gasteiger partial charge in [0, 0.05) is 11.7 Å². The van der Waals surface area contributed by atoms with Crippen LogP contribution in [0.4, 0.5) is 5.82 Å². The van der Waals surface area contributed by atoms with Crippen molar-refractivity contribution in [1.29, 1.82) is 0 Å². The van der Waals surface area contributed by atoms with Crippen molar-refractivity contribution in [2.24, 2.45) is 0 Å². The van der Waals surface area contributed by atoms with E-state index >= 15 is 0 Å². The predicted molar refractivity (Wildman–Crippen MR) is 68.0 cm³/mol. The Hall–Kier alpha value is -1.14. The molecule has 1 rings (SSSR count). The van der Waals surface area contributed by atoms with Gasteiger partial charge in [-0.25, -0.2) is 18.1 Å². The van der Waals surface area contributed by atoms with Gasteiger partial charge in [0.05, 0.1) is 0 Å². The lowest BCUT2D eigenvalue weighted by Gasteiger charge is -2.27. The van der Waals surface area contributed by atoms with E-state index in [2.05, 4.69) is 9.71 Å². The molecular formula is C11H19N3O2S. The lowest BCUT2D eigenvalue weighted by molar-refractivity contribution is 0.389. The second-order valence-electron chi connectivity index (χ2n) is 4.26. The molecule has 0 amide bonds. The van der Waals surface area contributed by atoms with Crippen molar-refractivity contribution >= 4 is 15.8 Å². The first-order valence-corrected chi connectivity index (χ1v) is 7.07. The maximum Gasteiger partial charge on any atom is 0.244 e. The molecule has 3 N–H and O–H groups in total. The number of hydrogen-bond donors (Lipinski definition) is 2. The van der Waals surface area contributed by atoms with Crippen LogP contribution in [0.2, 0.25) is 0 Å². The predicted octanol–water partition coefficient (Wildman–Crippen LogP) is 1.52. The third kappa shape index (κ3) is 3.17. The van der Waals surface area contributed by atoms with E-state index in [1.54, 1.807) is 6.07 Å². The Bertz CT molecular complexity index is 481. The van der Waals surface area contributed by atoms with Crippen LogP contribution in [0.15, 0.2) is 23.2 Å². The van der Waals surface area contributed by atoms with E-state index in [4.69, 9.17) is 5.73 Å². The lowest BCUT2D eigenvalue weighted by atomic mass is 9.98. The van der Waals surface area contributed by atoms with Crippen LogP contribution in [0.3, 0.4) is 0 Å². The van der Waals surface area contributed by atoms with Crippen LogP contribution in [0.1, 0.15) is 33.6 Å². The third-order valence-corrected chi connectivity index (χ3v) is 4.72. The summed E-state index contributed by atoms with van der Waals surface area (Å²) in [5, 5.41) is 0. The van der Waals surface area contributed by atoms with Crippen LogP contribution in [-0.4, -0.2) is 18.9 Å². The second-order valence-corrected chi connectivity index (χ2v) is 5.91. The van der Waals surface area contributed by atoms with E-state index in [1.807, 2.05) is 20.8 Å². The van der Waals surface area contributed by atoms with Crippen LogP contribution >= 0.6 is 0 Å². The minimum Gasteiger partial charge on any atom is -0.383 e. The van der Waals surface area contributed by atoms with Gasteiger partial charge >= 0.3 is 0 Å². The Morgan fingerprint density at radius 2 is 2.00 bits per heavy atom. The van der Waals surface area contributed by atoms with Gasteiger partial charge in [-0.1, -0.05) is 13.8 Å². The molecule has 17 heavy (non-hydrogen) atoms. The summed E-state index contributed by atoms with van der Waals surface area (Å²) in [5.74, 6) is 0.0227. The number of nitrogens with two attached hydrogens (primary N) is 1. The zero-order chi connectivity index (χ0) is 13.1. The van der Waals surface area contributed by atoms with Crippen molar-refractivity contribution in [1.82, 2.24) is 9.71 Å². The zero-order valence-electron chi connectivity index (χ0n) is 10.4. The largest absolute Gasteiger partial charge is 0.383 e. The first-order chi connectivity index (χ1) is 7.84. The van der Waals surface area contributed by atoms with Crippen LogP contribution in [0, 0.1) is 0 Å². The molecule has 0 radical (unpaired) electrons. The van der Waals surface area contributed by atoms with Crippen LogP contribution in [0.25, 0.3) is 0 Å². The van der Waals surface area contributed by atoms with E-state index in [-0.39, 0.29) is 10.7 Å². The Kier molecular flexibility index (Phi) is 4.11. The van der Waals surface area contributed by atoms with Gasteiger partial charge in [-0.05, 0) is 31.9 Å². The molecule has 96 valence electrons. The molecule has 0 atom stereocenters. The number of nitrogens with one attached hydrogen (secondary N) is 1. The molecule has 0 fully saturated rings. The van der Waals surface area contributed by atoms with E-state index in [1.165, 1.54) is 12.3 Å². The van der Waals surface area contributed by atoms with Gasteiger partial charge in [0.15, 0.2) is 0 Å². The quantitative estimate of drug-likeness (QED) is 0.837. The number of aromatic nitrogens is 1. The number of pyridine rings is 1. The summed E-state index contributed by atoms with van der Waals surface area (Å²) in [7, 11) is -3.61. The molecule has 0 saturated carbocycles. The Labute approximate surface area is 102 Å². The molecule has 0 aliphatic carbocycles. The van der Waals surface area contributed by atoms with Crippen LogP contribution in [0.5, 0.6) is 0 Å². The first kappa shape index (κ1) is 13.9. The highest BCUT2D eigenvalue weighted by molar-refractivity contribution is 7.89. The number of sulfonamides is 1. The highest BCUT2D eigenvalue weighted by atomic mass is 32.2. The molecule has 5 nitrogen and oxygen atoms in total. The van der Waals surface area contributed by atoms with E-state index in [0.717, 1.165) is 0 Å². The summed E-state index contributed by atoms with van der Waals surface area (Å²) < 4.78 is 27.0. The van der Waals surface area contributed by atoms with Crippen LogP contribution in [-0.2, 0) is 10.0 Å². The number of rotatable bonds is 5. The molecule has 0 bridgehead atoms. The van der Waals surface area contributed by atoms with Crippen molar-refractivity contribution < 1.29 is 8.42 Å². The molecule has 0 saturated heterocycles. The lowest BCUT2D eigenvalue weighted by Crippen LogP contribution is -2.45. The van der Waals surface area contributed by atoms with Gasteiger partial charge in [-0.15, -0.1) is 0 Å². The maximum absolute atomic E-state index is 12.2. The van der Waals surface area contributed by atoms with Crippen molar-refractivity contribution in [2.45, 2.75) is 44.0 Å². The Morgan fingerprint density at radius 1 is 1.41 bits per heavy atom. The van der Waals surface area contributed by atoms with Crippen molar-refractivity contribution in [3.8, 4) is 0 Å². The smallest absolute Gasteiger partial charge is 0.244 e. The fraction of sp³-hybridized carbons (Fsp3) is 0.545. The molecule has 0 spiro atoms.